The molecule has 17 heavy (non-hydrogen) atoms. The summed E-state index contributed by atoms with van der Waals surface area (Å²) < 4.78 is 36.9. The van der Waals surface area contributed by atoms with Crippen LogP contribution in [0, 0.1) is 5.82 Å². The summed E-state index contributed by atoms with van der Waals surface area (Å²) in [6.07, 6.45) is 0. The number of hydrogen-bond acceptors (Lipinski definition) is 4. The van der Waals surface area contributed by atoms with Crippen molar-refractivity contribution < 1.29 is 17.9 Å². The summed E-state index contributed by atoms with van der Waals surface area (Å²) in [6.45, 7) is 0.845. The number of sulfone groups is 1. The van der Waals surface area contributed by atoms with Crippen LogP contribution < -0.4 is 5.73 Å². The van der Waals surface area contributed by atoms with Gasteiger partial charge in [-0.3, -0.25) is 0 Å². The van der Waals surface area contributed by atoms with E-state index in [0.717, 1.165) is 0 Å². The summed E-state index contributed by atoms with van der Waals surface area (Å²) in [5.74, 6) is -0.704. The standard InChI is InChI=1S/C11H16FNO3S/c1-2-17(15,16)10(7-14)11(13)8-5-3-4-6-9(8)12/h3-6,10-11,14H,2,7,13H2,1H3/t10-,11-/m1/s1. The van der Waals surface area contributed by atoms with Crippen LogP contribution in [-0.2, 0) is 9.84 Å². The number of halogens is 1. The van der Waals surface area contributed by atoms with Gasteiger partial charge in [-0.1, -0.05) is 25.1 Å². The first-order valence-corrected chi connectivity index (χ1v) is 6.98. The summed E-state index contributed by atoms with van der Waals surface area (Å²) in [5.41, 5.74) is 5.83. The lowest BCUT2D eigenvalue weighted by molar-refractivity contribution is 0.276. The molecule has 0 spiro atoms. The van der Waals surface area contributed by atoms with Gasteiger partial charge in [-0.2, -0.15) is 0 Å². The lowest BCUT2D eigenvalue weighted by Crippen LogP contribution is -2.38. The molecule has 1 aromatic rings. The van der Waals surface area contributed by atoms with Gasteiger partial charge in [0.25, 0.3) is 0 Å². The van der Waals surface area contributed by atoms with Gasteiger partial charge in [0.15, 0.2) is 9.84 Å². The first-order chi connectivity index (χ1) is 7.94. The van der Waals surface area contributed by atoms with E-state index in [2.05, 4.69) is 0 Å². The van der Waals surface area contributed by atoms with E-state index >= 15 is 0 Å². The largest absolute Gasteiger partial charge is 0.395 e. The second kappa shape index (κ2) is 5.57. The molecule has 0 bridgehead atoms. The van der Waals surface area contributed by atoms with E-state index in [0.29, 0.717) is 0 Å². The maximum absolute atomic E-state index is 13.5. The molecule has 0 aliphatic carbocycles. The summed E-state index contributed by atoms with van der Waals surface area (Å²) in [6, 6.07) is 4.64. The molecule has 2 atom stereocenters. The molecule has 0 radical (unpaired) electrons. The third-order valence-electron chi connectivity index (χ3n) is 2.71. The molecule has 0 fully saturated rings. The molecule has 1 rings (SSSR count). The summed E-state index contributed by atoms with van der Waals surface area (Å²) >= 11 is 0. The molecule has 0 saturated carbocycles. The minimum Gasteiger partial charge on any atom is -0.395 e. The van der Waals surface area contributed by atoms with Gasteiger partial charge < -0.3 is 10.8 Å². The highest BCUT2D eigenvalue weighted by molar-refractivity contribution is 7.92. The molecule has 0 saturated heterocycles. The fourth-order valence-corrected chi connectivity index (χ4v) is 2.86. The molecule has 3 N–H and O–H groups in total. The summed E-state index contributed by atoms with van der Waals surface area (Å²) in [7, 11) is -3.52. The van der Waals surface area contributed by atoms with Gasteiger partial charge >= 0.3 is 0 Å². The second-order valence-electron chi connectivity index (χ2n) is 3.72. The molecule has 1 aromatic carbocycles. The van der Waals surface area contributed by atoms with Gasteiger partial charge in [0.1, 0.15) is 11.1 Å². The molecule has 0 aliphatic rings. The molecule has 0 amide bonds. The van der Waals surface area contributed by atoms with Crippen LogP contribution >= 0.6 is 0 Å². The average molecular weight is 261 g/mol. The Kier molecular flexibility index (Phi) is 4.62. The SMILES string of the molecule is CCS(=O)(=O)[C@H](CO)[C@H](N)c1ccccc1F. The van der Waals surface area contributed by atoms with E-state index in [1.807, 2.05) is 0 Å². The van der Waals surface area contributed by atoms with Crippen LogP contribution in [0.3, 0.4) is 0 Å². The van der Waals surface area contributed by atoms with E-state index < -0.39 is 33.6 Å². The maximum Gasteiger partial charge on any atom is 0.157 e. The van der Waals surface area contributed by atoms with Crippen LogP contribution in [0.5, 0.6) is 0 Å². The molecular formula is C11H16FNO3S. The number of benzene rings is 1. The van der Waals surface area contributed by atoms with Gasteiger partial charge in [0, 0.05) is 11.3 Å². The molecular weight excluding hydrogens is 245 g/mol. The van der Waals surface area contributed by atoms with E-state index in [1.54, 1.807) is 6.07 Å². The van der Waals surface area contributed by atoms with Crippen LogP contribution in [0.1, 0.15) is 18.5 Å². The molecule has 0 aliphatic heterocycles. The highest BCUT2D eigenvalue weighted by Crippen LogP contribution is 2.22. The highest BCUT2D eigenvalue weighted by atomic mass is 32.2. The number of rotatable bonds is 5. The second-order valence-corrected chi connectivity index (χ2v) is 6.23. The van der Waals surface area contributed by atoms with E-state index in [-0.39, 0.29) is 11.3 Å². The van der Waals surface area contributed by atoms with Crippen LogP contribution in [0.2, 0.25) is 0 Å². The quantitative estimate of drug-likeness (QED) is 0.814. The Morgan fingerprint density at radius 2 is 2.00 bits per heavy atom. The van der Waals surface area contributed by atoms with Crippen molar-refractivity contribution in [1.82, 2.24) is 0 Å². The van der Waals surface area contributed by atoms with Crippen molar-refractivity contribution in [2.75, 3.05) is 12.4 Å². The Labute approximate surface area is 100 Å². The smallest absolute Gasteiger partial charge is 0.157 e. The van der Waals surface area contributed by atoms with E-state index in [1.165, 1.54) is 25.1 Å². The first-order valence-electron chi connectivity index (χ1n) is 5.26. The van der Waals surface area contributed by atoms with E-state index in [4.69, 9.17) is 10.8 Å². The normalized spacial score (nSPS) is 15.5. The van der Waals surface area contributed by atoms with Crippen LogP contribution in [0.4, 0.5) is 4.39 Å². The third-order valence-corrected chi connectivity index (χ3v) is 4.88. The van der Waals surface area contributed by atoms with Gasteiger partial charge in [0.05, 0.1) is 12.6 Å². The molecule has 4 nitrogen and oxygen atoms in total. The van der Waals surface area contributed by atoms with Crippen LogP contribution in [-0.4, -0.2) is 31.1 Å². The van der Waals surface area contributed by atoms with Gasteiger partial charge in [0.2, 0.25) is 0 Å². The number of hydrogen-bond donors (Lipinski definition) is 2. The molecule has 0 unspecified atom stereocenters. The Balaban J connectivity index is 3.11. The van der Waals surface area contributed by atoms with Crippen molar-refractivity contribution in [3.05, 3.63) is 35.6 Å². The monoisotopic (exact) mass is 261 g/mol. The van der Waals surface area contributed by atoms with Crippen LogP contribution in [0.15, 0.2) is 24.3 Å². The minimum absolute atomic E-state index is 0.101. The minimum atomic E-state index is -3.52. The zero-order valence-corrected chi connectivity index (χ0v) is 10.3. The lowest BCUT2D eigenvalue weighted by atomic mass is 10.0. The third kappa shape index (κ3) is 3.02. The summed E-state index contributed by atoms with van der Waals surface area (Å²) in [5, 5.41) is 7.96. The fourth-order valence-electron chi connectivity index (χ4n) is 1.61. The number of nitrogens with two attached hydrogens (primary N) is 1. The van der Waals surface area contributed by atoms with E-state index in [9.17, 15) is 12.8 Å². The lowest BCUT2D eigenvalue weighted by Gasteiger charge is -2.22. The predicted octanol–water partition coefficient (Wildman–Crippen LogP) is 0.621. The predicted molar refractivity (Wildman–Crippen MR) is 63.7 cm³/mol. The molecule has 0 heterocycles. The van der Waals surface area contributed by atoms with Crippen molar-refractivity contribution in [3.63, 3.8) is 0 Å². The number of aliphatic hydroxyl groups is 1. The first kappa shape index (κ1) is 14.1. The van der Waals surface area contributed by atoms with Gasteiger partial charge in [-0.05, 0) is 6.07 Å². The zero-order valence-electron chi connectivity index (χ0n) is 9.51. The van der Waals surface area contributed by atoms with Crippen molar-refractivity contribution in [2.24, 2.45) is 5.73 Å². The highest BCUT2D eigenvalue weighted by Gasteiger charge is 2.31. The van der Waals surface area contributed by atoms with Crippen molar-refractivity contribution in [3.8, 4) is 0 Å². The molecule has 96 valence electrons. The fraction of sp³-hybridized carbons (Fsp3) is 0.455. The Bertz CT molecular complexity index is 475. The van der Waals surface area contributed by atoms with Crippen molar-refractivity contribution >= 4 is 9.84 Å². The molecule has 0 aromatic heterocycles. The number of aliphatic hydroxyl groups excluding tert-OH is 1. The average Bonchev–Trinajstić information content (AvgIpc) is 2.30. The zero-order chi connectivity index (χ0) is 13.1. The topological polar surface area (TPSA) is 80.4 Å². The van der Waals surface area contributed by atoms with Gasteiger partial charge in [-0.15, -0.1) is 0 Å². The Morgan fingerprint density at radius 1 is 1.41 bits per heavy atom. The van der Waals surface area contributed by atoms with Gasteiger partial charge in [-0.25, -0.2) is 12.8 Å². The molecule has 6 heteroatoms. The summed E-state index contributed by atoms with van der Waals surface area (Å²) in [4.78, 5) is 0. The van der Waals surface area contributed by atoms with Crippen LogP contribution in [0.25, 0.3) is 0 Å². The Morgan fingerprint density at radius 3 is 2.47 bits per heavy atom. The maximum atomic E-state index is 13.5. The van der Waals surface area contributed by atoms with Crippen molar-refractivity contribution in [2.45, 2.75) is 18.2 Å². The van der Waals surface area contributed by atoms with Crippen molar-refractivity contribution in [1.29, 1.82) is 0 Å². The Hall–Kier alpha value is -0.980.